The van der Waals surface area contributed by atoms with Crippen LogP contribution in [0.1, 0.15) is 21.5 Å². The molecular weight excluding hydrogens is 475 g/mol. The van der Waals surface area contributed by atoms with Crippen molar-refractivity contribution in [3.8, 4) is 11.4 Å². The van der Waals surface area contributed by atoms with E-state index in [2.05, 4.69) is 15.1 Å². The number of halogens is 3. The van der Waals surface area contributed by atoms with Crippen molar-refractivity contribution in [3.05, 3.63) is 96.1 Å². The lowest BCUT2D eigenvalue weighted by Gasteiger charge is -2.19. The van der Waals surface area contributed by atoms with Crippen LogP contribution in [0.15, 0.2) is 83.8 Å². The Bertz CT molecular complexity index is 1510. The van der Waals surface area contributed by atoms with Crippen LogP contribution in [-0.2, 0) is 12.7 Å². The number of nitrogens with zero attached hydrogens (tertiary/aromatic N) is 5. The summed E-state index contributed by atoms with van der Waals surface area (Å²) in [7, 11) is 1.56. The molecule has 182 valence electrons. The number of anilines is 1. The van der Waals surface area contributed by atoms with Gasteiger partial charge in [0.1, 0.15) is 11.3 Å². The fraction of sp³-hybridized carbons (Fsp3) is 0.120. The lowest BCUT2D eigenvalue weighted by Crippen LogP contribution is -2.30. The summed E-state index contributed by atoms with van der Waals surface area (Å²) in [6.45, 7) is 0.144. The average Bonchev–Trinajstić information content (AvgIpc) is 3.55. The highest BCUT2D eigenvalue weighted by Crippen LogP contribution is 2.30. The number of alkyl halides is 3. The molecule has 0 atom stereocenters. The van der Waals surface area contributed by atoms with Crippen LogP contribution in [0.2, 0.25) is 0 Å². The third kappa shape index (κ3) is 4.63. The van der Waals surface area contributed by atoms with E-state index >= 15 is 0 Å². The van der Waals surface area contributed by atoms with Gasteiger partial charge >= 0.3 is 12.2 Å². The van der Waals surface area contributed by atoms with E-state index in [0.29, 0.717) is 28.1 Å². The summed E-state index contributed by atoms with van der Waals surface area (Å²) < 4.78 is 51.1. The summed E-state index contributed by atoms with van der Waals surface area (Å²) in [4.78, 5) is 23.2. The molecule has 3 heterocycles. The number of benzene rings is 2. The SMILES string of the molecule is COc1ccc(CN(C(=O)c2cccnc2)c2nc3cc(-n4cc(C(F)(F)F)cn4)ccc3o2)cc1. The Morgan fingerprint density at radius 1 is 1.11 bits per heavy atom. The van der Waals surface area contributed by atoms with Crippen molar-refractivity contribution >= 4 is 23.0 Å². The highest BCUT2D eigenvalue weighted by atomic mass is 19.4. The maximum Gasteiger partial charge on any atom is 0.419 e. The van der Waals surface area contributed by atoms with E-state index in [1.165, 1.54) is 17.2 Å². The van der Waals surface area contributed by atoms with Gasteiger partial charge in [0.2, 0.25) is 0 Å². The van der Waals surface area contributed by atoms with Crippen molar-refractivity contribution in [1.82, 2.24) is 19.7 Å². The van der Waals surface area contributed by atoms with E-state index in [9.17, 15) is 18.0 Å². The van der Waals surface area contributed by atoms with Gasteiger partial charge in [-0.05, 0) is 48.0 Å². The summed E-state index contributed by atoms with van der Waals surface area (Å²) in [5.41, 5.74) is 1.34. The summed E-state index contributed by atoms with van der Waals surface area (Å²) >= 11 is 0. The largest absolute Gasteiger partial charge is 0.497 e. The highest BCUT2D eigenvalue weighted by molar-refractivity contribution is 6.05. The number of ether oxygens (including phenoxy) is 1. The van der Waals surface area contributed by atoms with Gasteiger partial charge in [-0.3, -0.25) is 14.7 Å². The van der Waals surface area contributed by atoms with E-state index in [1.807, 2.05) is 12.1 Å². The van der Waals surface area contributed by atoms with Crippen molar-refractivity contribution in [2.75, 3.05) is 12.0 Å². The van der Waals surface area contributed by atoms with Gasteiger partial charge in [-0.15, -0.1) is 0 Å². The second-order valence-corrected chi connectivity index (χ2v) is 7.80. The highest BCUT2D eigenvalue weighted by Gasteiger charge is 2.32. The van der Waals surface area contributed by atoms with Crippen LogP contribution in [0.3, 0.4) is 0 Å². The van der Waals surface area contributed by atoms with Crippen LogP contribution in [0, 0.1) is 0 Å². The smallest absolute Gasteiger partial charge is 0.419 e. The molecule has 1 amide bonds. The Kier molecular flexibility index (Phi) is 5.88. The molecule has 11 heteroatoms. The number of carbonyl (C=O) groups is 1. The molecular formula is C25H18F3N5O3. The topological polar surface area (TPSA) is 86.3 Å². The molecule has 0 saturated heterocycles. The zero-order valence-corrected chi connectivity index (χ0v) is 18.8. The van der Waals surface area contributed by atoms with E-state index in [4.69, 9.17) is 9.15 Å². The Morgan fingerprint density at radius 3 is 2.58 bits per heavy atom. The van der Waals surface area contributed by atoms with Gasteiger partial charge in [0.15, 0.2) is 5.58 Å². The summed E-state index contributed by atoms with van der Waals surface area (Å²) in [6.07, 6.45) is 0.148. The molecule has 36 heavy (non-hydrogen) atoms. The molecule has 5 rings (SSSR count). The van der Waals surface area contributed by atoms with Crippen LogP contribution in [0.4, 0.5) is 19.2 Å². The molecule has 3 aromatic heterocycles. The van der Waals surface area contributed by atoms with E-state index in [0.717, 1.165) is 22.6 Å². The zero-order chi connectivity index (χ0) is 25.3. The predicted molar refractivity (Wildman–Crippen MR) is 124 cm³/mol. The van der Waals surface area contributed by atoms with Crippen LogP contribution >= 0.6 is 0 Å². The number of pyridine rings is 1. The van der Waals surface area contributed by atoms with Crippen LogP contribution in [-0.4, -0.2) is 32.8 Å². The zero-order valence-electron chi connectivity index (χ0n) is 18.8. The first-order valence-corrected chi connectivity index (χ1v) is 10.7. The lowest BCUT2D eigenvalue weighted by molar-refractivity contribution is -0.137. The van der Waals surface area contributed by atoms with Crippen molar-refractivity contribution in [3.63, 3.8) is 0 Å². The number of hydrogen-bond donors (Lipinski definition) is 0. The second-order valence-electron chi connectivity index (χ2n) is 7.80. The van der Waals surface area contributed by atoms with Gasteiger partial charge in [-0.2, -0.15) is 23.3 Å². The maximum atomic E-state index is 13.4. The van der Waals surface area contributed by atoms with Crippen LogP contribution < -0.4 is 9.64 Å². The van der Waals surface area contributed by atoms with Gasteiger partial charge in [0.05, 0.1) is 36.7 Å². The van der Waals surface area contributed by atoms with Crippen LogP contribution in [0.5, 0.6) is 5.75 Å². The van der Waals surface area contributed by atoms with E-state index in [1.54, 1.807) is 49.7 Å². The Labute approximate surface area is 202 Å². The van der Waals surface area contributed by atoms with Gasteiger partial charge in [-0.1, -0.05) is 12.1 Å². The number of rotatable bonds is 6. The number of fused-ring (bicyclic) bond motifs is 1. The van der Waals surface area contributed by atoms with E-state index < -0.39 is 11.7 Å². The normalized spacial score (nSPS) is 11.6. The standard InChI is InChI=1S/C25H18F3N5O3/c1-35-20-7-4-16(5-8-20)14-32(23(34)17-3-2-10-29-12-17)24-31-21-11-19(6-9-22(21)36-24)33-15-18(13-30-33)25(26,27)28/h2-13,15H,14H2,1H3. The number of carbonyl (C=O) groups excluding carboxylic acids is 1. The van der Waals surface area contributed by atoms with Crippen LogP contribution in [0.25, 0.3) is 16.8 Å². The number of oxazole rings is 1. The fourth-order valence-electron chi connectivity index (χ4n) is 3.56. The molecule has 8 nitrogen and oxygen atoms in total. The summed E-state index contributed by atoms with van der Waals surface area (Å²) in [6, 6.07) is 15.2. The first kappa shape index (κ1) is 23.1. The number of aromatic nitrogens is 4. The molecule has 0 fully saturated rings. The summed E-state index contributed by atoms with van der Waals surface area (Å²) in [5.74, 6) is 0.290. The van der Waals surface area contributed by atoms with Gasteiger partial charge < -0.3 is 9.15 Å². The first-order valence-electron chi connectivity index (χ1n) is 10.7. The van der Waals surface area contributed by atoms with Crippen molar-refractivity contribution in [2.24, 2.45) is 0 Å². The summed E-state index contributed by atoms with van der Waals surface area (Å²) in [5, 5.41) is 3.80. The third-order valence-electron chi connectivity index (χ3n) is 5.42. The predicted octanol–water partition coefficient (Wildman–Crippen LogP) is 5.28. The van der Waals surface area contributed by atoms with Gasteiger partial charge in [0, 0.05) is 18.6 Å². The Morgan fingerprint density at radius 2 is 1.92 bits per heavy atom. The molecule has 0 aliphatic heterocycles. The molecule has 0 aliphatic carbocycles. The molecule has 5 aromatic rings. The molecule has 0 aliphatic rings. The number of methoxy groups -OCH3 is 1. The minimum absolute atomic E-state index is 0.0308. The molecule has 2 aromatic carbocycles. The lowest BCUT2D eigenvalue weighted by atomic mass is 10.2. The number of amides is 1. The second kappa shape index (κ2) is 9.17. The molecule has 0 unspecified atom stereocenters. The minimum atomic E-state index is -4.50. The molecule has 0 N–H and O–H groups in total. The quantitative estimate of drug-likeness (QED) is 0.320. The van der Waals surface area contributed by atoms with Gasteiger partial charge in [0.25, 0.3) is 5.91 Å². The number of hydrogen-bond acceptors (Lipinski definition) is 6. The minimum Gasteiger partial charge on any atom is -0.497 e. The fourth-order valence-corrected chi connectivity index (χ4v) is 3.56. The molecule has 0 bridgehead atoms. The van der Waals surface area contributed by atoms with Crippen molar-refractivity contribution < 1.29 is 27.1 Å². The Balaban J connectivity index is 1.51. The first-order chi connectivity index (χ1) is 17.3. The molecule has 0 saturated carbocycles. The molecule has 0 radical (unpaired) electrons. The monoisotopic (exact) mass is 493 g/mol. The average molecular weight is 493 g/mol. The van der Waals surface area contributed by atoms with E-state index in [-0.39, 0.29) is 18.5 Å². The van der Waals surface area contributed by atoms with Gasteiger partial charge in [-0.25, -0.2) is 4.68 Å². The maximum absolute atomic E-state index is 13.4. The Hall–Kier alpha value is -4.67. The third-order valence-corrected chi connectivity index (χ3v) is 5.42. The van der Waals surface area contributed by atoms with Crippen molar-refractivity contribution in [1.29, 1.82) is 0 Å². The van der Waals surface area contributed by atoms with Crippen molar-refractivity contribution in [2.45, 2.75) is 12.7 Å². The molecule has 0 spiro atoms.